The first-order valence-electron chi connectivity index (χ1n) is 4.80. The van der Waals surface area contributed by atoms with Gasteiger partial charge in [0.05, 0.1) is 11.6 Å². The molecule has 2 heteroatoms. The van der Waals surface area contributed by atoms with Crippen molar-refractivity contribution in [3.05, 3.63) is 41.5 Å². The van der Waals surface area contributed by atoms with E-state index in [4.69, 9.17) is 5.26 Å². The third-order valence-corrected chi connectivity index (χ3v) is 2.39. The molecule has 0 spiro atoms. The highest BCUT2D eigenvalue weighted by atomic mass is 14.9. The highest BCUT2D eigenvalue weighted by Crippen LogP contribution is 2.17. The van der Waals surface area contributed by atoms with Crippen LogP contribution in [0, 0.1) is 11.3 Å². The minimum Gasteiger partial charge on any atom is -0.312 e. The van der Waals surface area contributed by atoms with Gasteiger partial charge >= 0.3 is 0 Å². The van der Waals surface area contributed by atoms with Crippen molar-refractivity contribution >= 4 is 5.57 Å². The van der Waals surface area contributed by atoms with Gasteiger partial charge in [0.1, 0.15) is 0 Å². The lowest BCUT2D eigenvalue weighted by molar-refractivity contribution is 0.739. The Labute approximate surface area is 83.9 Å². The van der Waals surface area contributed by atoms with Crippen LogP contribution >= 0.6 is 0 Å². The molecule has 0 radical (unpaired) electrons. The van der Waals surface area contributed by atoms with E-state index in [-0.39, 0.29) is 0 Å². The number of nitrogens with one attached hydrogen (secondary N) is 1. The summed E-state index contributed by atoms with van der Waals surface area (Å²) in [6, 6.07) is 9.92. The monoisotopic (exact) mass is 184 g/mol. The number of nitriles is 1. The first-order valence-corrected chi connectivity index (χ1v) is 4.80. The molecule has 0 amide bonds. The highest BCUT2D eigenvalue weighted by molar-refractivity contribution is 5.68. The maximum atomic E-state index is 8.78. The van der Waals surface area contributed by atoms with Gasteiger partial charge in [-0.05, 0) is 36.2 Å². The van der Waals surface area contributed by atoms with Crippen molar-refractivity contribution in [1.82, 2.24) is 5.32 Å². The second-order valence-corrected chi connectivity index (χ2v) is 3.39. The molecule has 0 aromatic heterocycles. The zero-order chi connectivity index (χ0) is 9.80. The van der Waals surface area contributed by atoms with Crippen LogP contribution in [0.4, 0.5) is 0 Å². The number of hydrogen-bond donors (Lipinski definition) is 1. The molecule has 0 atom stereocenters. The molecule has 0 unspecified atom stereocenters. The largest absolute Gasteiger partial charge is 0.312 e. The van der Waals surface area contributed by atoms with Crippen LogP contribution in [-0.4, -0.2) is 13.1 Å². The highest BCUT2D eigenvalue weighted by Gasteiger charge is 2.05. The predicted molar refractivity (Wildman–Crippen MR) is 56.6 cm³/mol. The molecule has 0 saturated carbocycles. The van der Waals surface area contributed by atoms with Gasteiger partial charge in [0.25, 0.3) is 0 Å². The van der Waals surface area contributed by atoms with Crippen molar-refractivity contribution in [2.75, 3.05) is 13.1 Å². The minimum absolute atomic E-state index is 0.731. The van der Waals surface area contributed by atoms with Gasteiger partial charge in [-0.15, -0.1) is 0 Å². The molecule has 1 aliphatic heterocycles. The molecule has 1 N–H and O–H groups in total. The molecule has 0 saturated heterocycles. The minimum atomic E-state index is 0.731. The van der Waals surface area contributed by atoms with Crippen molar-refractivity contribution in [2.24, 2.45) is 0 Å². The van der Waals surface area contributed by atoms with Crippen molar-refractivity contribution in [1.29, 1.82) is 5.26 Å². The van der Waals surface area contributed by atoms with Crippen molar-refractivity contribution in [3.63, 3.8) is 0 Å². The van der Waals surface area contributed by atoms with E-state index in [0.29, 0.717) is 0 Å². The Bertz CT molecular complexity index is 399. The Hall–Kier alpha value is -1.59. The van der Waals surface area contributed by atoms with E-state index in [0.717, 1.165) is 30.6 Å². The Morgan fingerprint density at radius 3 is 3.00 bits per heavy atom. The average molecular weight is 184 g/mol. The Kier molecular flexibility index (Phi) is 2.62. The maximum absolute atomic E-state index is 8.78. The van der Waals surface area contributed by atoms with E-state index >= 15 is 0 Å². The van der Waals surface area contributed by atoms with Gasteiger partial charge in [-0.25, -0.2) is 0 Å². The van der Waals surface area contributed by atoms with Crippen LogP contribution in [0.25, 0.3) is 5.57 Å². The fourth-order valence-corrected chi connectivity index (χ4v) is 1.65. The third-order valence-electron chi connectivity index (χ3n) is 2.39. The Morgan fingerprint density at radius 2 is 2.29 bits per heavy atom. The first-order chi connectivity index (χ1) is 6.90. The number of benzene rings is 1. The smallest absolute Gasteiger partial charge is 0.0991 e. The lowest BCUT2D eigenvalue weighted by Gasteiger charge is -2.14. The first kappa shape index (κ1) is 8.98. The van der Waals surface area contributed by atoms with Gasteiger partial charge in [0.15, 0.2) is 0 Å². The van der Waals surface area contributed by atoms with Crippen LogP contribution in [0.15, 0.2) is 30.3 Å². The average Bonchev–Trinajstić information content (AvgIpc) is 2.30. The second kappa shape index (κ2) is 4.08. The Morgan fingerprint density at radius 1 is 1.36 bits per heavy atom. The zero-order valence-electron chi connectivity index (χ0n) is 7.96. The molecule has 70 valence electrons. The fourth-order valence-electron chi connectivity index (χ4n) is 1.65. The Balaban J connectivity index is 2.32. The molecule has 1 aliphatic rings. The van der Waals surface area contributed by atoms with Gasteiger partial charge in [-0.1, -0.05) is 18.2 Å². The summed E-state index contributed by atoms with van der Waals surface area (Å²) in [5.41, 5.74) is 3.19. The molecule has 1 aromatic carbocycles. The number of nitrogens with zero attached hydrogens (tertiary/aromatic N) is 1. The molecule has 2 nitrogen and oxygen atoms in total. The topological polar surface area (TPSA) is 35.8 Å². The maximum Gasteiger partial charge on any atom is 0.0991 e. The van der Waals surface area contributed by atoms with Gasteiger partial charge in [-0.3, -0.25) is 0 Å². The molecule has 0 aliphatic carbocycles. The predicted octanol–water partition coefficient (Wildman–Crippen LogP) is 1.93. The van der Waals surface area contributed by atoms with Crippen molar-refractivity contribution in [2.45, 2.75) is 6.42 Å². The molecule has 1 aromatic rings. The summed E-state index contributed by atoms with van der Waals surface area (Å²) in [5.74, 6) is 0. The quantitative estimate of drug-likeness (QED) is 0.724. The van der Waals surface area contributed by atoms with E-state index < -0.39 is 0 Å². The summed E-state index contributed by atoms with van der Waals surface area (Å²) in [7, 11) is 0. The van der Waals surface area contributed by atoms with Gasteiger partial charge in [0.2, 0.25) is 0 Å². The molecule has 1 heterocycles. The van der Waals surface area contributed by atoms with Crippen LogP contribution < -0.4 is 5.32 Å². The summed E-state index contributed by atoms with van der Waals surface area (Å²) in [5, 5.41) is 12.1. The van der Waals surface area contributed by atoms with Crippen LogP contribution in [0.5, 0.6) is 0 Å². The SMILES string of the molecule is N#Cc1cccc(C2=CCCNC2)c1. The molecule has 14 heavy (non-hydrogen) atoms. The van der Waals surface area contributed by atoms with Gasteiger partial charge in [-0.2, -0.15) is 5.26 Å². The standard InChI is InChI=1S/C12H12N2/c13-8-10-3-1-4-11(7-10)12-5-2-6-14-9-12/h1,3-5,7,14H,2,6,9H2. The van der Waals surface area contributed by atoms with E-state index in [2.05, 4.69) is 23.5 Å². The van der Waals surface area contributed by atoms with Crippen molar-refractivity contribution < 1.29 is 0 Å². The molecular formula is C12H12N2. The summed E-state index contributed by atoms with van der Waals surface area (Å²) in [4.78, 5) is 0. The normalized spacial score (nSPS) is 15.8. The van der Waals surface area contributed by atoms with E-state index in [1.165, 1.54) is 5.57 Å². The summed E-state index contributed by atoms with van der Waals surface area (Å²) >= 11 is 0. The summed E-state index contributed by atoms with van der Waals surface area (Å²) < 4.78 is 0. The summed E-state index contributed by atoms with van der Waals surface area (Å²) in [6.45, 7) is 1.97. The van der Waals surface area contributed by atoms with Gasteiger partial charge < -0.3 is 5.32 Å². The van der Waals surface area contributed by atoms with Crippen LogP contribution in [0.2, 0.25) is 0 Å². The lowest BCUT2D eigenvalue weighted by Crippen LogP contribution is -2.21. The van der Waals surface area contributed by atoms with Crippen LogP contribution in [-0.2, 0) is 0 Å². The van der Waals surface area contributed by atoms with Crippen LogP contribution in [0.1, 0.15) is 17.5 Å². The van der Waals surface area contributed by atoms with Gasteiger partial charge in [0, 0.05) is 6.54 Å². The number of rotatable bonds is 1. The molecule has 0 bridgehead atoms. The van der Waals surface area contributed by atoms with E-state index in [1.54, 1.807) is 0 Å². The number of hydrogen-bond acceptors (Lipinski definition) is 2. The third kappa shape index (κ3) is 1.84. The fraction of sp³-hybridized carbons (Fsp3) is 0.250. The van der Waals surface area contributed by atoms with Crippen LogP contribution in [0.3, 0.4) is 0 Å². The van der Waals surface area contributed by atoms with E-state index in [9.17, 15) is 0 Å². The zero-order valence-corrected chi connectivity index (χ0v) is 7.96. The molecule has 0 fully saturated rings. The lowest BCUT2D eigenvalue weighted by atomic mass is 10.0. The summed E-state index contributed by atoms with van der Waals surface area (Å²) in [6.07, 6.45) is 3.32. The second-order valence-electron chi connectivity index (χ2n) is 3.39. The van der Waals surface area contributed by atoms with E-state index in [1.807, 2.05) is 18.2 Å². The van der Waals surface area contributed by atoms with Crippen molar-refractivity contribution in [3.8, 4) is 6.07 Å². The molecule has 2 rings (SSSR count). The molecular weight excluding hydrogens is 172 g/mol.